The van der Waals surface area contributed by atoms with Gasteiger partial charge in [-0.15, -0.1) is 45.3 Å². The summed E-state index contributed by atoms with van der Waals surface area (Å²) in [4.78, 5) is 64.7. The summed E-state index contributed by atoms with van der Waals surface area (Å²) in [5.74, 6) is 0.176. The maximum Gasteiger partial charge on any atom is 0.262 e. The summed E-state index contributed by atoms with van der Waals surface area (Å²) >= 11 is 5.43. The minimum absolute atomic E-state index is 0.0879. The largest absolute Gasteiger partial charge is 0.274 e. The van der Waals surface area contributed by atoms with Gasteiger partial charge in [0.1, 0.15) is 12.1 Å². The Bertz CT molecular complexity index is 3610. The Hall–Kier alpha value is -5.24. The van der Waals surface area contributed by atoms with Crippen LogP contribution >= 0.6 is 45.3 Å². The van der Waals surface area contributed by atoms with Gasteiger partial charge in [0.15, 0.2) is 0 Å². The second-order valence-corrected chi connectivity index (χ2v) is 31.5. The molecule has 4 aromatic heterocycles. The molecular weight excluding hydrogens is 1210 g/mol. The molecule has 2 atom stereocenters. The minimum atomic E-state index is -0.398. The molecule has 0 bridgehead atoms. The van der Waals surface area contributed by atoms with Crippen molar-refractivity contribution in [1.29, 1.82) is 10.5 Å². The molecule has 0 aliphatic rings. The molecule has 12 heteroatoms. The van der Waals surface area contributed by atoms with Crippen molar-refractivity contribution in [2.45, 2.75) is 298 Å². The van der Waals surface area contributed by atoms with E-state index in [2.05, 4.69) is 39.8 Å². The number of unbranched alkanes of at least 4 members (excludes halogenated alkanes) is 32. The highest BCUT2D eigenvalue weighted by atomic mass is 32.2. The number of nitriles is 2. The predicted molar refractivity (Wildman–Crippen MR) is 400 cm³/mol. The van der Waals surface area contributed by atoms with Gasteiger partial charge in [0.25, 0.3) is 22.2 Å². The molecule has 0 amide bonds. The number of benzene rings is 4. The molecule has 0 aliphatic carbocycles. The molecule has 0 spiro atoms. The van der Waals surface area contributed by atoms with Crippen LogP contribution in [0, 0.1) is 34.5 Å². The van der Waals surface area contributed by atoms with E-state index in [1.165, 1.54) is 234 Å². The molecule has 0 N–H and O–H groups in total. The first-order valence-corrected chi connectivity index (χ1v) is 40.0. The average Bonchev–Trinajstić information content (AvgIpc) is 1.47. The number of rotatable bonds is 46. The quantitative estimate of drug-likeness (QED) is 0.0276. The number of hydrogen-bond donors (Lipinski definition) is 0. The van der Waals surface area contributed by atoms with Crippen LogP contribution in [-0.4, -0.2) is 9.13 Å². The van der Waals surface area contributed by atoms with Crippen LogP contribution in [0.15, 0.2) is 79.8 Å². The van der Waals surface area contributed by atoms with E-state index in [0.717, 1.165) is 88.2 Å². The Kier molecular flexibility index (Phi) is 31.2. The summed E-state index contributed by atoms with van der Waals surface area (Å²) in [7, 11) is 0. The van der Waals surface area contributed by atoms with Crippen molar-refractivity contribution in [3.05, 3.63) is 121 Å². The van der Waals surface area contributed by atoms with Crippen molar-refractivity contribution in [3.63, 3.8) is 0 Å². The highest BCUT2D eigenvalue weighted by molar-refractivity contribution is 7.38. The van der Waals surface area contributed by atoms with Crippen molar-refractivity contribution < 1.29 is 0 Å². The summed E-state index contributed by atoms with van der Waals surface area (Å²) < 4.78 is 6.70. The van der Waals surface area contributed by atoms with E-state index in [1.54, 1.807) is 0 Å². The van der Waals surface area contributed by atoms with Crippen LogP contribution in [0.4, 0.5) is 0 Å². The molecule has 2 unspecified atom stereocenters. The second-order valence-electron chi connectivity index (χ2n) is 26.9. The lowest BCUT2D eigenvalue weighted by Gasteiger charge is -2.21. The normalized spacial score (nSPS) is 12.5. The van der Waals surface area contributed by atoms with Gasteiger partial charge in [-0.3, -0.25) is 28.3 Å². The summed E-state index contributed by atoms with van der Waals surface area (Å²) in [5, 5.41) is 24.2. The fourth-order valence-electron chi connectivity index (χ4n) is 14.3. The molecule has 0 saturated carbocycles. The molecule has 0 aliphatic heterocycles. The maximum absolute atomic E-state index is 16.2. The number of aromatic nitrogens is 2. The first-order valence-electron chi connectivity index (χ1n) is 36.8. The summed E-state index contributed by atoms with van der Waals surface area (Å²) in [6.07, 6.45) is 47.5. The zero-order chi connectivity index (χ0) is 64.9. The molecule has 0 radical (unpaired) electrons. The van der Waals surface area contributed by atoms with Crippen LogP contribution in [0.5, 0.6) is 0 Å². The summed E-state index contributed by atoms with van der Waals surface area (Å²) in [6.45, 7) is 9.58. The van der Waals surface area contributed by atoms with Crippen LogP contribution in [0.25, 0.3) is 62.3 Å². The lowest BCUT2D eigenvalue weighted by Crippen LogP contribution is -2.38. The third-order valence-electron chi connectivity index (χ3n) is 19.7. The molecule has 8 nitrogen and oxygen atoms in total. The molecule has 8 aromatic rings. The molecule has 4 aromatic carbocycles. The van der Waals surface area contributed by atoms with E-state index in [9.17, 15) is 10.5 Å². The van der Waals surface area contributed by atoms with Gasteiger partial charge in [-0.1, -0.05) is 320 Å². The molecular formula is C80H108N4O4S4. The van der Waals surface area contributed by atoms with E-state index in [0.29, 0.717) is 70.0 Å². The van der Waals surface area contributed by atoms with Crippen LogP contribution in [-0.2, 0) is 13.1 Å². The smallest absolute Gasteiger partial charge is 0.262 e. The third kappa shape index (κ3) is 19.5. The SMILES string of the molecule is CCCCCCCCCCCCC(CCCCCCCCCC)Cn1c(=O)c2c3sc(=C(C#N)c4ccccc4)sc3c3c(=O)n(CC(CCCCCCCCCC)CCCCCCCCCCCC)c(=O)c4c5sc(=C(C#N)c6ccccc6)sc5c(c1=O)c2c34. The molecule has 496 valence electrons. The highest BCUT2D eigenvalue weighted by Crippen LogP contribution is 2.45. The Labute approximate surface area is 565 Å². The predicted octanol–water partition coefficient (Wildman–Crippen LogP) is 22.5. The Morgan fingerprint density at radius 1 is 0.326 bits per heavy atom. The fourth-order valence-corrected chi connectivity index (χ4v) is 19.9. The fraction of sp³-hybridized carbons (Fsp3) is 0.600. The van der Waals surface area contributed by atoms with Crippen LogP contribution in [0.2, 0.25) is 0 Å². The number of hydrogen-bond acceptors (Lipinski definition) is 10. The molecule has 0 fully saturated rings. The van der Waals surface area contributed by atoms with Crippen molar-refractivity contribution in [2.24, 2.45) is 11.8 Å². The summed E-state index contributed by atoms with van der Waals surface area (Å²) in [5.41, 5.74) is 0.783. The first-order chi connectivity index (χ1) is 45.2. The molecule has 0 saturated heterocycles. The Morgan fingerprint density at radius 3 is 0.761 bits per heavy atom. The zero-order valence-electron chi connectivity index (χ0n) is 56.7. The van der Waals surface area contributed by atoms with Crippen molar-refractivity contribution in [1.82, 2.24) is 9.13 Å². The zero-order valence-corrected chi connectivity index (χ0v) is 59.9. The van der Waals surface area contributed by atoms with Gasteiger partial charge in [-0.2, -0.15) is 10.5 Å². The van der Waals surface area contributed by atoms with Crippen molar-refractivity contribution >= 4 is 108 Å². The van der Waals surface area contributed by atoms with Gasteiger partial charge in [0, 0.05) is 23.9 Å². The Balaban J connectivity index is 1.31. The number of nitrogens with zero attached hydrogens (tertiary/aromatic N) is 4. The highest BCUT2D eigenvalue weighted by Gasteiger charge is 2.31. The van der Waals surface area contributed by atoms with Gasteiger partial charge in [-0.05, 0) is 48.6 Å². The van der Waals surface area contributed by atoms with Gasteiger partial charge in [-0.25, -0.2) is 0 Å². The van der Waals surface area contributed by atoms with Crippen molar-refractivity contribution in [2.75, 3.05) is 0 Å². The Morgan fingerprint density at radius 2 is 0.543 bits per heavy atom. The molecule has 92 heavy (non-hydrogen) atoms. The summed E-state index contributed by atoms with van der Waals surface area (Å²) in [6, 6.07) is 24.2. The monoisotopic (exact) mass is 1320 g/mol. The first kappa shape index (κ1) is 72.6. The van der Waals surface area contributed by atoms with E-state index in [1.807, 2.05) is 60.7 Å². The standard InChI is InChI=1S/C80H108N4O4S4/c1-5-9-13-17-21-25-27-31-35-41-49-59(47-39-33-29-23-19-15-11-7-3)57-83-75(85)67-65-66-69(73-71(67)89-79(91-73)63(55-81)61-51-43-37-44-52-61)77(87)84(58-60(48-40-34-30-24-20-16-12-8-4)50-42-36-32-28-26-22-18-14-10-6-2)78(88)70(66)74-72(68(65)76(83)86)90-80(92-74)64(56-82)62-53-45-38-46-54-62/h37-38,43-46,51-54,59-60H,5-36,39-42,47-50,57-58H2,1-4H3. The lowest BCUT2D eigenvalue weighted by atomic mass is 9.92. The van der Waals surface area contributed by atoms with Crippen LogP contribution < -0.4 is 29.9 Å². The van der Waals surface area contributed by atoms with Gasteiger partial charge < -0.3 is 0 Å². The third-order valence-corrected chi connectivity index (χ3v) is 25.0. The average molecular weight is 1320 g/mol. The van der Waals surface area contributed by atoms with Crippen LogP contribution in [0.1, 0.15) is 296 Å². The molecule has 8 rings (SSSR count). The van der Waals surface area contributed by atoms with Gasteiger partial charge >= 0.3 is 0 Å². The number of fused-ring (bicyclic) bond motifs is 6. The topological polar surface area (TPSA) is 126 Å². The van der Waals surface area contributed by atoms with Crippen molar-refractivity contribution in [3.8, 4) is 12.1 Å². The second kappa shape index (κ2) is 39.6. The lowest BCUT2D eigenvalue weighted by molar-refractivity contribution is 0.350. The number of pyridine rings is 2. The molecule has 4 heterocycles. The van der Waals surface area contributed by atoms with E-state index >= 15 is 19.2 Å². The van der Waals surface area contributed by atoms with E-state index < -0.39 is 22.2 Å². The maximum atomic E-state index is 16.2. The van der Waals surface area contributed by atoms with Gasteiger partial charge in [0.2, 0.25) is 0 Å². The van der Waals surface area contributed by atoms with E-state index in [-0.39, 0.29) is 24.9 Å². The van der Waals surface area contributed by atoms with Gasteiger partial charge in [0.05, 0.1) is 59.2 Å². The minimum Gasteiger partial charge on any atom is -0.274 e. The van der Waals surface area contributed by atoms with E-state index in [4.69, 9.17) is 0 Å². The van der Waals surface area contributed by atoms with Crippen LogP contribution in [0.3, 0.4) is 0 Å².